The average Bonchev–Trinajstić information content (AvgIpc) is 3.00. The van der Waals surface area contributed by atoms with E-state index in [2.05, 4.69) is 0 Å². The summed E-state index contributed by atoms with van der Waals surface area (Å²) in [5.74, 6) is 0.783. The van der Waals surface area contributed by atoms with E-state index in [1.54, 1.807) is 26.4 Å². The van der Waals surface area contributed by atoms with Gasteiger partial charge < -0.3 is 9.47 Å². The lowest BCUT2D eigenvalue weighted by Gasteiger charge is -2.13. The molecule has 2 amide bonds. The van der Waals surface area contributed by atoms with Crippen LogP contribution in [0.3, 0.4) is 0 Å². The predicted molar refractivity (Wildman–Crippen MR) is 115 cm³/mol. The number of nitrogens with zero attached hydrogens (tertiary/aromatic N) is 1. The van der Waals surface area contributed by atoms with Crippen molar-refractivity contribution in [3.8, 4) is 11.5 Å². The molecular weight excluding hydrogens is 386 g/mol. The van der Waals surface area contributed by atoms with E-state index in [0.717, 1.165) is 28.1 Å². The molecule has 1 heterocycles. The maximum atomic E-state index is 12.9. The summed E-state index contributed by atoms with van der Waals surface area (Å²) in [6.45, 7) is 0.238. The number of thioether (sulfide) groups is 1. The lowest BCUT2D eigenvalue weighted by Crippen LogP contribution is -2.27. The first-order chi connectivity index (χ1) is 14.1. The minimum atomic E-state index is -0.307. The smallest absolute Gasteiger partial charge is 0.293 e. The Labute approximate surface area is 172 Å². The molecule has 0 unspecified atom stereocenters. The third kappa shape index (κ3) is 3.71. The number of rotatable bonds is 5. The van der Waals surface area contributed by atoms with Crippen molar-refractivity contribution in [2.24, 2.45) is 0 Å². The molecule has 0 aromatic heterocycles. The highest BCUT2D eigenvalue weighted by atomic mass is 32.2. The van der Waals surface area contributed by atoms with Gasteiger partial charge in [0.15, 0.2) is 11.5 Å². The Bertz CT molecular complexity index is 1140. The van der Waals surface area contributed by atoms with Crippen LogP contribution in [0.25, 0.3) is 16.8 Å². The Morgan fingerprint density at radius 3 is 2.48 bits per heavy atom. The van der Waals surface area contributed by atoms with Gasteiger partial charge in [-0.25, -0.2) is 0 Å². The van der Waals surface area contributed by atoms with Crippen molar-refractivity contribution < 1.29 is 19.1 Å². The molecule has 0 spiro atoms. The zero-order valence-electron chi connectivity index (χ0n) is 16.0. The summed E-state index contributed by atoms with van der Waals surface area (Å²) in [5.41, 5.74) is 1.59. The summed E-state index contributed by atoms with van der Waals surface area (Å²) in [7, 11) is 3.10. The number of hydrogen-bond acceptors (Lipinski definition) is 5. The number of carbonyl (C=O) groups is 2. The highest BCUT2D eigenvalue weighted by Gasteiger charge is 2.35. The van der Waals surface area contributed by atoms with Crippen LogP contribution in [0.2, 0.25) is 0 Å². The molecule has 0 aliphatic carbocycles. The van der Waals surface area contributed by atoms with Gasteiger partial charge in [0.1, 0.15) is 0 Å². The van der Waals surface area contributed by atoms with Crippen molar-refractivity contribution in [1.29, 1.82) is 0 Å². The van der Waals surface area contributed by atoms with Crippen LogP contribution in [0.5, 0.6) is 11.5 Å². The highest BCUT2D eigenvalue weighted by molar-refractivity contribution is 8.18. The molecule has 0 bridgehead atoms. The molecule has 1 aliphatic heterocycles. The summed E-state index contributed by atoms with van der Waals surface area (Å²) < 4.78 is 10.7. The van der Waals surface area contributed by atoms with Crippen LogP contribution in [0, 0.1) is 0 Å². The van der Waals surface area contributed by atoms with Gasteiger partial charge in [-0.15, -0.1) is 0 Å². The highest BCUT2D eigenvalue weighted by Crippen LogP contribution is 2.37. The van der Waals surface area contributed by atoms with Crippen LogP contribution in [-0.4, -0.2) is 30.3 Å². The quantitative estimate of drug-likeness (QED) is 0.553. The third-order valence-corrected chi connectivity index (χ3v) is 5.66. The Hall–Kier alpha value is -3.25. The third-order valence-electron chi connectivity index (χ3n) is 4.75. The molecule has 0 saturated carbocycles. The van der Waals surface area contributed by atoms with Gasteiger partial charge in [-0.05, 0) is 46.3 Å². The molecule has 146 valence electrons. The van der Waals surface area contributed by atoms with Crippen molar-refractivity contribution in [1.82, 2.24) is 4.90 Å². The van der Waals surface area contributed by atoms with Crippen LogP contribution in [0.1, 0.15) is 11.1 Å². The van der Waals surface area contributed by atoms with E-state index in [1.807, 2.05) is 54.6 Å². The normalized spacial score (nSPS) is 15.4. The molecule has 1 saturated heterocycles. The SMILES string of the molecule is COc1cccc(/C=C2\SC(=O)N(Cc3ccc4ccccc4c3)C2=O)c1OC. The zero-order valence-corrected chi connectivity index (χ0v) is 16.9. The van der Waals surface area contributed by atoms with E-state index in [1.165, 1.54) is 4.90 Å². The van der Waals surface area contributed by atoms with E-state index < -0.39 is 0 Å². The van der Waals surface area contributed by atoms with Crippen molar-refractivity contribution in [3.05, 3.63) is 76.7 Å². The number of hydrogen-bond donors (Lipinski definition) is 0. The van der Waals surface area contributed by atoms with Gasteiger partial charge in [-0.3, -0.25) is 14.5 Å². The molecule has 3 aromatic carbocycles. The number of carbonyl (C=O) groups excluding carboxylic acids is 2. The van der Waals surface area contributed by atoms with Crippen molar-refractivity contribution in [2.45, 2.75) is 6.54 Å². The summed E-state index contributed by atoms with van der Waals surface area (Å²) in [6.07, 6.45) is 1.67. The van der Waals surface area contributed by atoms with Crippen molar-refractivity contribution in [3.63, 3.8) is 0 Å². The number of imide groups is 1. The lowest BCUT2D eigenvalue weighted by molar-refractivity contribution is -0.123. The van der Waals surface area contributed by atoms with Crippen LogP contribution in [0.15, 0.2) is 65.6 Å². The van der Waals surface area contributed by atoms with Gasteiger partial charge in [-0.1, -0.05) is 48.5 Å². The fourth-order valence-corrected chi connectivity index (χ4v) is 4.15. The summed E-state index contributed by atoms with van der Waals surface area (Å²) in [6, 6.07) is 19.4. The molecule has 5 nitrogen and oxygen atoms in total. The predicted octanol–water partition coefficient (Wildman–Crippen LogP) is 5.09. The van der Waals surface area contributed by atoms with Gasteiger partial charge >= 0.3 is 0 Å². The fourth-order valence-electron chi connectivity index (χ4n) is 3.32. The number of amides is 2. The van der Waals surface area contributed by atoms with Crippen molar-refractivity contribution >= 4 is 39.8 Å². The molecule has 1 fully saturated rings. The van der Waals surface area contributed by atoms with Gasteiger partial charge in [-0.2, -0.15) is 0 Å². The van der Waals surface area contributed by atoms with Crippen LogP contribution < -0.4 is 9.47 Å². The molecule has 0 atom stereocenters. The molecule has 29 heavy (non-hydrogen) atoms. The Morgan fingerprint density at radius 2 is 1.72 bits per heavy atom. The second-order valence-corrected chi connectivity index (χ2v) is 7.53. The number of fused-ring (bicyclic) bond motifs is 1. The van der Waals surface area contributed by atoms with E-state index in [4.69, 9.17) is 9.47 Å². The first-order valence-electron chi connectivity index (χ1n) is 9.04. The largest absolute Gasteiger partial charge is 0.493 e. The Kier molecular flexibility index (Phi) is 5.27. The second kappa shape index (κ2) is 8.01. The maximum absolute atomic E-state index is 12.9. The van der Waals surface area contributed by atoms with Gasteiger partial charge in [0.05, 0.1) is 25.7 Å². The topological polar surface area (TPSA) is 55.8 Å². The molecule has 3 aromatic rings. The molecule has 0 radical (unpaired) electrons. The van der Waals surface area contributed by atoms with Gasteiger partial charge in [0, 0.05) is 5.56 Å². The lowest BCUT2D eigenvalue weighted by atomic mass is 10.1. The Morgan fingerprint density at radius 1 is 0.931 bits per heavy atom. The maximum Gasteiger partial charge on any atom is 0.293 e. The van der Waals surface area contributed by atoms with Crippen LogP contribution in [-0.2, 0) is 11.3 Å². The minimum absolute atomic E-state index is 0.238. The second-order valence-electron chi connectivity index (χ2n) is 6.53. The van der Waals surface area contributed by atoms with Crippen molar-refractivity contribution in [2.75, 3.05) is 14.2 Å². The molecule has 6 heteroatoms. The standard InChI is InChI=1S/C23H19NO4S/c1-27-19-9-5-8-18(21(19)28-2)13-20-22(25)24(23(26)29-20)14-15-10-11-16-6-3-4-7-17(16)12-15/h3-13H,14H2,1-2H3/b20-13-. The van der Waals surface area contributed by atoms with Gasteiger partial charge in [0.25, 0.3) is 11.1 Å². The molecule has 1 aliphatic rings. The van der Waals surface area contributed by atoms with E-state index in [-0.39, 0.29) is 17.7 Å². The Balaban J connectivity index is 1.61. The van der Waals surface area contributed by atoms with Crippen LogP contribution >= 0.6 is 11.8 Å². The number of benzene rings is 3. The van der Waals surface area contributed by atoms with Crippen LogP contribution in [0.4, 0.5) is 4.79 Å². The monoisotopic (exact) mass is 405 g/mol. The summed E-state index contributed by atoms with van der Waals surface area (Å²) in [4.78, 5) is 27.0. The minimum Gasteiger partial charge on any atom is -0.493 e. The zero-order chi connectivity index (χ0) is 20.4. The number of methoxy groups -OCH3 is 2. The number of para-hydroxylation sites is 1. The molecule has 4 rings (SSSR count). The first kappa shape index (κ1) is 19.1. The first-order valence-corrected chi connectivity index (χ1v) is 9.86. The van der Waals surface area contributed by atoms with E-state index in [9.17, 15) is 9.59 Å². The number of ether oxygens (including phenoxy) is 2. The van der Waals surface area contributed by atoms with E-state index in [0.29, 0.717) is 22.0 Å². The van der Waals surface area contributed by atoms with Gasteiger partial charge in [0.2, 0.25) is 0 Å². The summed E-state index contributed by atoms with van der Waals surface area (Å²) in [5, 5.41) is 1.92. The molecule has 0 N–H and O–H groups in total. The molecular formula is C23H19NO4S. The average molecular weight is 405 g/mol. The fraction of sp³-hybridized carbons (Fsp3) is 0.130. The van der Waals surface area contributed by atoms with E-state index >= 15 is 0 Å². The summed E-state index contributed by atoms with van der Waals surface area (Å²) >= 11 is 0.934.